The lowest BCUT2D eigenvalue weighted by Gasteiger charge is -2.21. The van der Waals surface area contributed by atoms with Crippen LogP contribution in [0.15, 0.2) is 41.8 Å². The fourth-order valence-corrected chi connectivity index (χ4v) is 2.74. The first-order chi connectivity index (χ1) is 11.0. The maximum Gasteiger partial charge on any atom is 0.254 e. The SMILES string of the molecule is CC(C)C(NC(=O)c1ccccc1F)C(=O)NCc1cccs1. The molecular weight excluding hydrogens is 315 g/mol. The molecule has 1 aromatic carbocycles. The number of amides is 2. The van der Waals surface area contributed by atoms with Gasteiger partial charge in [-0.15, -0.1) is 11.3 Å². The Hall–Kier alpha value is -2.21. The number of halogens is 1. The van der Waals surface area contributed by atoms with E-state index in [0.29, 0.717) is 6.54 Å². The van der Waals surface area contributed by atoms with Crippen molar-refractivity contribution in [2.75, 3.05) is 0 Å². The van der Waals surface area contributed by atoms with Gasteiger partial charge >= 0.3 is 0 Å². The van der Waals surface area contributed by atoms with Crippen molar-refractivity contribution in [2.45, 2.75) is 26.4 Å². The largest absolute Gasteiger partial charge is 0.349 e. The molecule has 0 aliphatic rings. The second-order valence-corrected chi connectivity index (χ2v) is 6.50. The average Bonchev–Trinajstić information content (AvgIpc) is 3.03. The average molecular weight is 334 g/mol. The molecule has 0 saturated heterocycles. The predicted molar refractivity (Wildman–Crippen MR) is 88.7 cm³/mol. The van der Waals surface area contributed by atoms with Crippen LogP contribution in [-0.2, 0) is 11.3 Å². The number of thiophene rings is 1. The van der Waals surface area contributed by atoms with Gasteiger partial charge < -0.3 is 10.6 Å². The number of carbonyl (C=O) groups is 2. The minimum Gasteiger partial charge on any atom is -0.349 e. The molecule has 122 valence electrons. The molecule has 1 heterocycles. The molecule has 2 rings (SSSR count). The monoisotopic (exact) mass is 334 g/mol. The van der Waals surface area contributed by atoms with E-state index < -0.39 is 17.8 Å². The first-order valence-corrected chi connectivity index (χ1v) is 8.22. The number of hydrogen-bond acceptors (Lipinski definition) is 3. The van der Waals surface area contributed by atoms with Crippen molar-refractivity contribution < 1.29 is 14.0 Å². The zero-order chi connectivity index (χ0) is 16.8. The molecule has 0 bridgehead atoms. The summed E-state index contributed by atoms with van der Waals surface area (Å²) in [5.41, 5.74) is -0.0655. The lowest BCUT2D eigenvalue weighted by atomic mass is 10.0. The molecule has 0 spiro atoms. The van der Waals surface area contributed by atoms with Crippen LogP contribution in [0.2, 0.25) is 0 Å². The highest BCUT2D eigenvalue weighted by Gasteiger charge is 2.25. The summed E-state index contributed by atoms with van der Waals surface area (Å²) in [4.78, 5) is 25.5. The molecule has 0 aliphatic carbocycles. The number of benzene rings is 1. The van der Waals surface area contributed by atoms with Crippen LogP contribution in [0.1, 0.15) is 29.1 Å². The predicted octanol–water partition coefficient (Wildman–Crippen LogP) is 2.96. The zero-order valence-electron chi connectivity index (χ0n) is 13.0. The normalized spacial score (nSPS) is 12.0. The summed E-state index contributed by atoms with van der Waals surface area (Å²) < 4.78 is 13.7. The summed E-state index contributed by atoms with van der Waals surface area (Å²) in [6.45, 7) is 4.07. The van der Waals surface area contributed by atoms with Gasteiger partial charge in [0.2, 0.25) is 5.91 Å². The Labute approximate surface area is 138 Å². The smallest absolute Gasteiger partial charge is 0.254 e. The first kappa shape index (κ1) is 17.1. The molecule has 0 radical (unpaired) electrons. The fraction of sp³-hybridized carbons (Fsp3) is 0.294. The number of nitrogens with one attached hydrogen (secondary N) is 2. The lowest BCUT2D eigenvalue weighted by molar-refractivity contribution is -0.124. The maximum absolute atomic E-state index is 13.7. The third-order valence-electron chi connectivity index (χ3n) is 3.37. The minimum absolute atomic E-state index is 0.0655. The van der Waals surface area contributed by atoms with Gasteiger partial charge in [-0.25, -0.2) is 4.39 Å². The van der Waals surface area contributed by atoms with Gasteiger partial charge in [0, 0.05) is 4.88 Å². The molecule has 0 fully saturated rings. The molecule has 1 aromatic heterocycles. The van der Waals surface area contributed by atoms with Crippen molar-refractivity contribution in [2.24, 2.45) is 5.92 Å². The van der Waals surface area contributed by atoms with Crippen LogP contribution in [0.3, 0.4) is 0 Å². The summed E-state index contributed by atoms with van der Waals surface area (Å²) in [5, 5.41) is 7.35. The van der Waals surface area contributed by atoms with Crippen LogP contribution in [0.5, 0.6) is 0 Å². The van der Waals surface area contributed by atoms with Crippen molar-refractivity contribution in [1.29, 1.82) is 0 Å². The van der Waals surface area contributed by atoms with Crippen molar-refractivity contribution >= 4 is 23.2 Å². The van der Waals surface area contributed by atoms with Crippen LogP contribution in [-0.4, -0.2) is 17.9 Å². The van der Waals surface area contributed by atoms with E-state index in [0.717, 1.165) is 4.88 Å². The summed E-state index contributed by atoms with van der Waals surface area (Å²) in [5.74, 6) is -1.59. The minimum atomic E-state index is -0.720. The number of rotatable bonds is 6. The van der Waals surface area contributed by atoms with E-state index in [2.05, 4.69) is 10.6 Å². The molecule has 2 amide bonds. The Morgan fingerprint density at radius 1 is 1.17 bits per heavy atom. The van der Waals surface area contributed by atoms with Crippen LogP contribution in [0.4, 0.5) is 4.39 Å². The van der Waals surface area contributed by atoms with Gasteiger partial charge in [0.1, 0.15) is 11.9 Å². The lowest BCUT2D eigenvalue weighted by Crippen LogP contribution is -2.49. The van der Waals surface area contributed by atoms with E-state index in [1.54, 1.807) is 17.4 Å². The molecule has 2 aromatic rings. The molecule has 0 saturated carbocycles. The quantitative estimate of drug-likeness (QED) is 0.853. The van der Waals surface area contributed by atoms with Gasteiger partial charge in [-0.1, -0.05) is 32.0 Å². The first-order valence-electron chi connectivity index (χ1n) is 7.34. The highest BCUT2D eigenvalue weighted by Crippen LogP contribution is 2.10. The van der Waals surface area contributed by atoms with Gasteiger partial charge in [0.25, 0.3) is 5.91 Å². The molecule has 1 atom stereocenters. The van der Waals surface area contributed by atoms with E-state index in [1.807, 2.05) is 31.4 Å². The zero-order valence-corrected chi connectivity index (χ0v) is 13.8. The fourth-order valence-electron chi connectivity index (χ4n) is 2.10. The third kappa shape index (κ3) is 4.63. The van der Waals surface area contributed by atoms with Crippen molar-refractivity contribution in [3.05, 3.63) is 58.0 Å². The second kappa shape index (κ2) is 7.87. The second-order valence-electron chi connectivity index (χ2n) is 5.47. The summed E-state index contributed by atoms with van der Waals surface area (Å²) in [7, 11) is 0. The maximum atomic E-state index is 13.7. The van der Waals surface area contributed by atoms with Gasteiger partial charge in [0.15, 0.2) is 0 Å². The van der Waals surface area contributed by atoms with Crippen molar-refractivity contribution in [3.63, 3.8) is 0 Å². The number of hydrogen-bond donors (Lipinski definition) is 2. The van der Waals surface area contributed by atoms with Crippen molar-refractivity contribution in [1.82, 2.24) is 10.6 Å². The van der Waals surface area contributed by atoms with E-state index in [9.17, 15) is 14.0 Å². The summed E-state index contributed by atoms with van der Waals surface area (Å²) in [6.07, 6.45) is 0. The molecule has 23 heavy (non-hydrogen) atoms. The van der Waals surface area contributed by atoms with E-state index in [4.69, 9.17) is 0 Å². The summed E-state index contributed by atoms with van der Waals surface area (Å²) >= 11 is 1.55. The Bertz CT molecular complexity index is 671. The molecule has 0 aliphatic heterocycles. The molecule has 1 unspecified atom stereocenters. The van der Waals surface area contributed by atoms with Crippen LogP contribution in [0.25, 0.3) is 0 Å². The Balaban J connectivity index is 2.02. The molecule has 2 N–H and O–H groups in total. The topological polar surface area (TPSA) is 58.2 Å². The Kier molecular flexibility index (Phi) is 5.87. The van der Waals surface area contributed by atoms with E-state index >= 15 is 0 Å². The van der Waals surface area contributed by atoms with Crippen LogP contribution < -0.4 is 10.6 Å². The Morgan fingerprint density at radius 3 is 2.52 bits per heavy atom. The molecular formula is C17H19FN2O2S. The third-order valence-corrected chi connectivity index (χ3v) is 4.25. The highest BCUT2D eigenvalue weighted by molar-refractivity contribution is 7.09. The van der Waals surface area contributed by atoms with Gasteiger partial charge in [-0.05, 0) is 29.5 Å². The van der Waals surface area contributed by atoms with Gasteiger partial charge in [0.05, 0.1) is 12.1 Å². The van der Waals surface area contributed by atoms with Gasteiger partial charge in [-0.3, -0.25) is 9.59 Å². The molecule has 6 heteroatoms. The van der Waals surface area contributed by atoms with Gasteiger partial charge in [-0.2, -0.15) is 0 Å². The molecule has 4 nitrogen and oxygen atoms in total. The standard InChI is InChI=1S/C17H19FN2O2S/c1-11(2)15(17(22)19-10-12-6-5-9-23-12)20-16(21)13-7-3-4-8-14(13)18/h3-9,11,15H,10H2,1-2H3,(H,19,22)(H,20,21). The van der Waals surface area contributed by atoms with E-state index in [-0.39, 0.29) is 17.4 Å². The Morgan fingerprint density at radius 2 is 1.91 bits per heavy atom. The van der Waals surface area contributed by atoms with E-state index in [1.165, 1.54) is 18.2 Å². The van der Waals surface area contributed by atoms with Crippen molar-refractivity contribution in [3.8, 4) is 0 Å². The number of carbonyl (C=O) groups excluding carboxylic acids is 2. The highest BCUT2D eigenvalue weighted by atomic mass is 32.1. The van der Waals surface area contributed by atoms with Crippen LogP contribution >= 0.6 is 11.3 Å². The van der Waals surface area contributed by atoms with Crippen LogP contribution in [0, 0.1) is 11.7 Å². The summed E-state index contributed by atoms with van der Waals surface area (Å²) in [6, 6.07) is 8.82.